The summed E-state index contributed by atoms with van der Waals surface area (Å²) in [6.07, 6.45) is 0.547. The fourth-order valence-corrected chi connectivity index (χ4v) is 3.44. The maximum atomic E-state index is 13.1. The van der Waals surface area contributed by atoms with Gasteiger partial charge in [-0.1, -0.05) is 0 Å². The number of hydrogen-bond acceptors (Lipinski definition) is 6. The van der Waals surface area contributed by atoms with E-state index in [0.29, 0.717) is 32.0 Å². The Hall–Kier alpha value is -1.93. The lowest BCUT2D eigenvalue weighted by Gasteiger charge is -2.25. The Morgan fingerprint density at radius 3 is 2.70 bits per heavy atom. The average molecular weight is 379 g/mol. The van der Waals surface area contributed by atoms with Crippen LogP contribution in [0.25, 0.3) is 0 Å². The van der Waals surface area contributed by atoms with Crippen LogP contribution in [0.5, 0.6) is 0 Å². The van der Waals surface area contributed by atoms with Crippen LogP contribution in [0.3, 0.4) is 0 Å². The summed E-state index contributed by atoms with van der Waals surface area (Å²) in [6, 6.07) is 1.78. The first-order valence-electron chi connectivity index (χ1n) is 9.48. The Balaban J connectivity index is 1.69. The summed E-state index contributed by atoms with van der Waals surface area (Å²) in [7, 11) is 1.81. The molecule has 0 spiro atoms. The molecule has 1 saturated carbocycles. The van der Waals surface area contributed by atoms with Gasteiger partial charge in [0.25, 0.3) is 5.91 Å². The molecule has 1 aliphatic heterocycles. The van der Waals surface area contributed by atoms with Crippen molar-refractivity contribution in [3.05, 3.63) is 17.5 Å². The Kier molecular flexibility index (Phi) is 5.58. The van der Waals surface area contributed by atoms with Gasteiger partial charge in [-0.25, -0.2) is 0 Å². The molecule has 0 radical (unpaired) electrons. The maximum absolute atomic E-state index is 13.1. The molecule has 1 aromatic heterocycles. The number of hydrogen-bond donors (Lipinski definition) is 0. The van der Waals surface area contributed by atoms with Crippen molar-refractivity contribution < 1.29 is 23.8 Å². The van der Waals surface area contributed by atoms with Crippen molar-refractivity contribution in [1.82, 2.24) is 14.7 Å². The van der Waals surface area contributed by atoms with E-state index in [4.69, 9.17) is 14.2 Å². The van der Waals surface area contributed by atoms with Gasteiger partial charge in [0.2, 0.25) is 0 Å². The second kappa shape index (κ2) is 7.59. The molecule has 0 bridgehead atoms. The van der Waals surface area contributed by atoms with Crippen molar-refractivity contribution >= 4 is 11.9 Å². The SMILES string of the molecule is CCOC(=O)[C@@H]1C[C@@H]1CN(C[C@@H]1COC(C)(C)O1)C(=O)c1cc(C)n(C)n1. The van der Waals surface area contributed by atoms with Gasteiger partial charge in [-0.3, -0.25) is 14.3 Å². The van der Waals surface area contributed by atoms with E-state index in [2.05, 4.69) is 5.10 Å². The molecule has 1 aliphatic carbocycles. The molecule has 1 aromatic rings. The molecule has 0 N–H and O–H groups in total. The number of nitrogens with zero attached hydrogens (tertiary/aromatic N) is 3. The molecule has 1 saturated heterocycles. The Morgan fingerprint density at radius 2 is 2.15 bits per heavy atom. The second-order valence-corrected chi connectivity index (χ2v) is 7.81. The monoisotopic (exact) mass is 379 g/mol. The van der Waals surface area contributed by atoms with Crippen LogP contribution >= 0.6 is 0 Å². The quantitative estimate of drug-likeness (QED) is 0.668. The van der Waals surface area contributed by atoms with Gasteiger partial charge in [0, 0.05) is 25.8 Å². The number of esters is 1. The van der Waals surface area contributed by atoms with Crippen LogP contribution in [0.4, 0.5) is 0 Å². The van der Waals surface area contributed by atoms with Crippen LogP contribution in [0.1, 0.15) is 43.4 Å². The highest BCUT2D eigenvalue weighted by atomic mass is 16.7. The van der Waals surface area contributed by atoms with Crippen LogP contribution < -0.4 is 0 Å². The summed E-state index contributed by atoms with van der Waals surface area (Å²) in [5.74, 6) is -0.976. The molecule has 2 heterocycles. The van der Waals surface area contributed by atoms with E-state index in [0.717, 1.165) is 12.1 Å². The van der Waals surface area contributed by atoms with E-state index >= 15 is 0 Å². The van der Waals surface area contributed by atoms with E-state index in [-0.39, 0.29) is 29.8 Å². The Labute approximate surface area is 159 Å². The van der Waals surface area contributed by atoms with Gasteiger partial charge < -0.3 is 19.1 Å². The highest BCUT2D eigenvalue weighted by Gasteiger charge is 2.46. The van der Waals surface area contributed by atoms with E-state index < -0.39 is 5.79 Å². The fourth-order valence-electron chi connectivity index (χ4n) is 3.44. The van der Waals surface area contributed by atoms with Crippen LogP contribution in [-0.4, -0.2) is 64.8 Å². The zero-order chi connectivity index (χ0) is 19.8. The van der Waals surface area contributed by atoms with Crippen LogP contribution in [0.2, 0.25) is 0 Å². The third-order valence-electron chi connectivity index (χ3n) is 5.08. The maximum Gasteiger partial charge on any atom is 0.309 e. The van der Waals surface area contributed by atoms with Crippen molar-refractivity contribution in [2.24, 2.45) is 18.9 Å². The molecule has 3 rings (SSSR count). The minimum Gasteiger partial charge on any atom is -0.466 e. The summed E-state index contributed by atoms with van der Waals surface area (Å²) in [6.45, 7) is 9.13. The molecule has 8 nitrogen and oxygen atoms in total. The summed E-state index contributed by atoms with van der Waals surface area (Å²) in [5.41, 5.74) is 1.32. The van der Waals surface area contributed by atoms with Gasteiger partial charge in [0.15, 0.2) is 11.5 Å². The zero-order valence-electron chi connectivity index (χ0n) is 16.7. The molecule has 2 aliphatic rings. The minimum atomic E-state index is -0.645. The van der Waals surface area contributed by atoms with Crippen molar-refractivity contribution in [2.45, 2.75) is 46.0 Å². The van der Waals surface area contributed by atoms with Crippen molar-refractivity contribution in [3.8, 4) is 0 Å². The molecule has 1 amide bonds. The normalized spacial score (nSPS) is 26.0. The number of carbonyl (C=O) groups excluding carboxylic acids is 2. The van der Waals surface area contributed by atoms with Crippen molar-refractivity contribution in [3.63, 3.8) is 0 Å². The molecule has 0 unspecified atom stereocenters. The number of amides is 1. The van der Waals surface area contributed by atoms with Crippen LogP contribution in [0, 0.1) is 18.8 Å². The van der Waals surface area contributed by atoms with Gasteiger partial charge in [-0.05, 0) is 46.1 Å². The topological polar surface area (TPSA) is 82.9 Å². The number of aryl methyl sites for hydroxylation is 2. The molecular weight excluding hydrogens is 350 g/mol. The molecule has 3 atom stereocenters. The smallest absolute Gasteiger partial charge is 0.309 e. The molecule has 2 fully saturated rings. The Bertz CT molecular complexity index is 695. The van der Waals surface area contributed by atoms with E-state index in [1.165, 1.54) is 0 Å². The minimum absolute atomic E-state index is 0.119. The predicted octanol–water partition coefficient (Wildman–Crippen LogP) is 1.52. The van der Waals surface area contributed by atoms with Gasteiger partial charge in [0.1, 0.15) is 6.10 Å². The largest absolute Gasteiger partial charge is 0.466 e. The van der Waals surface area contributed by atoms with Crippen molar-refractivity contribution in [2.75, 3.05) is 26.3 Å². The number of carbonyl (C=O) groups is 2. The van der Waals surface area contributed by atoms with Gasteiger partial charge >= 0.3 is 5.97 Å². The van der Waals surface area contributed by atoms with Crippen LogP contribution in [0.15, 0.2) is 6.07 Å². The lowest BCUT2D eigenvalue weighted by molar-refractivity contribution is -0.145. The van der Waals surface area contributed by atoms with Crippen molar-refractivity contribution in [1.29, 1.82) is 0 Å². The first kappa shape index (κ1) is 19.8. The van der Waals surface area contributed by atoms with E-state index in [9.17, 15) is 9.59 Å². The lowest BCUT2D eigenvalue weighted by atomic mass is 10.2. The summed E-state index contributed by atoms with van der Waals surface area (Å²) in [4.78, 5) is 26.7. The molecular formula is C19H29N3O5. The highest BCUT2D eigenvalue weighted by Crippen LogP contribution is 2.40. The van der Waals surface area contributed by atoms with Crippen LogP contribution in [-0.2, 0) is 26.1 Å². The average Bonchev–Trinajstić information content (AvgIpc) is 3.17. The lowest BCUT2D eigenvalue weighted by Crippen LogP contribution is -2.41. The Morgan fingerprint density at radius 1 is 1.41 bits per heavy atom. The van der Waals surface area contributed by atoms with E-state index in [1.54, 1.807) is 22.6 Å². The molecule has 8 heteroatoms. The standard InChI is InChI=1S/C19H29N3O5/c1-6-25-18(24)15-8-13(15)9-22(10-14-11-26-19(3,4)27-14)17(23)16-7-12(2)21(5)20-16/h7,13-15H,6,8-11H2,1-5H3/t13-,14-,15-/m1/s1. The van der Waals surface area contributed by atoms with Gasteiger partial charge in [-0.2, -0.15) is 5.10 Å². The first-order valence-corrected chi connectivity index (χ1v) is 9.48. The number of rotatable bonds is 7. The molecule has 0 aromatic carbocycles. The number of ether oxygens (including phenoxy) is 3. The summed E-state index contributed by atoms with van der Waals surface area (Å²) in [5, 5.41) is 4.31. The predicted molar refractivity (Wildman–Crippen MR) is 97.0 cm³/mol. The third-order valence-corrected chi connectivity index (χ3v) is 5.08. The zero-order valence-corrected chi connectivity index (χ0v) is 16.7. The van der Waals surface area contributed by atoms with Gasteiger partial charge in [0.05, 0.1) is 19.1 Å². The fraction of sp³-hybridized carbons (Fsp3) is 0.737. The molecule has 27 heavy (non-hydrogen) atoms. The number of aromatic nitrogens is 2. The van der Waals surface area contributed by atoms with Gasteiger partial charge in [-0.15, -0.1) is 0 Å². The third kappa shape index (κ3) is 4.68. The summed E-state index contributed by atoms with van der Waals surface area (Å²) >= 11 is 0. The van der Waals surface area contributed by atoms with E-state index in [1.807, 2.05) is 27.8 Å². The second-order valence-electron chi connectivity index (χ2n) is 7.81. The first-order chi connectivity index (χ1) is 12.7. The highest BCUT2D eigenvalue weighted by molar-refractivity contribution is 5.92. The molecule has 150 valence electrons. The summed E-state index contributed by atoms with van der Waals surface area (Å²) < 4.78 is 18.3.